The first kappa shape index (κ1) is 15.9. The van der Waals surface area contributed by atoms with E-state index in [1.807, 2.05) is 31.2 Å². The van der Waals surface area contributed by atoms with Crippen LogP contribution in [0.2, 0.25) is 5.02 Å². The van der Waals surface area contributed by atoms with Crippen LogP contribution >= 0.6 is 22.9 Å². The van der Waals surface area contributed by atoms with Crippen molar-refractivity contribution >= 4 is 40.1 Å². The summed E-state index contributed by atoms with van der Waals surface area (Å²) in [6.07, 6.45) is -0.739. The third-order valence-electron chi connectivity index (χ3n) is 3.69. The number of aromatic nitrogens is 1. The second-order valence-electron chi connectivity index (χ2n) is 5.17. The predicted molar refractivity (Wildman–Crippen MR) is 90.7 cm³/mol. The number of nitrogens with two attached hydrogens (primary N) is 1. The molecule has 2 N–H and O–H groups in total. The van der Waals surface area contributed by atoms with E-state index in [9.17, 15) is 4.79 Å². The van der Waals surface area contributed by atoms with Crippen molar-refractivity contribution in [3.05, 3.63) is 48.9 Å². The van der Waals surface area contributed by atoms with E-state index in [4.69, 9.17) is 22.1 Å². The number of anilines is 1. The molecule has 0 fully saturated rings. The van der Waals surface area contributed by atoms with Crippen molar-refractivity contribution in [3.8, 4) is 0 Å². The zero-order valence-electron chi connectivity index (χ0n) is 12.8. The number of ether oxygens (including phenoxy) is 1. The highest BCUT2D eigenvalue weighted by molar-refractivity contribution is 7.09. The van der Waals surface area contributed by atoms with Gasteiger partial charge in [-0.15, -0.1) is 11.3 Å². The molecule has 1 atom stereocenters. The Hall–Kier alpha value is -1.98. The smallest absolute Gasteiger partial charge is 0.185 e. The Kier molecular flexibility index (Phi) is 4.08. The van der Waals surface area contributed by atoms with Gasteiger partial charge in [0, 0.05) is 23.3 Å². The Balaban J connectivity index is 2.55. The van der Waals surface area contributed by atoms with Crippen molar-refractivity contribution in [2.45, 2.75) is 20.1 Å². The molecule has 0 saturated carbocycles. The van der Waals surface area contributed by atoms with E-state index in [0.717, 1.165) is 10.6 Å². The highest BCUT2D eigenvalue weighted by atomic mass is 35.5. The molecule has 0 radical (unpaired) electrons. The molecule has 0 bridgehead atoms. The lowest BCUT2D eigenvalue weighted by atomic mass is 9.96. The van der Waals surface area contributed by atoms with Crippen LogP contribution in [-0.2, 0) is 9.53 Å². The normalized spacial score (nSPS) is 16.8. The van der Waals surface area contributed by atoms with Crippen LogP contribution in [0.5, 0.6) is 0 Å². The largest absolute Gasteiger partial charge is 0.397 e. The van der Waals surface area contributed by atoms with Crippen LogP contribution in [0.25, 0.3) is 5.57 Å². The van der Waals surface area contributed by atoms with Gasteiger partial charge in [-0.25, -0.2) is 14.8 Å². The SMILES string of the molecule is COC1N=c2cc(C)c(Cl)c(N)c2=C(c2csc(C)n2)C1=C=O. The van der Waals surface area contributed by atoms with Gasteiger partial charge in [-0.1, -0.05) is 11.6 Å². The standard InChI is InChI=1S/C16H14ClN3O2S/c1-7-4-10-13(15(18)14(7)17)12(11-6-23-8(2)19-11)9(5-21)16(20-10)22-3/h4,6,16H,18H2,1-3H3. The van der Waals surface area contributed by atoms with Crippen LogP contribution < -0.4 is 16.3 Å². The van der Waals surface area contributed by atoms with Gasteiger partial charge in [0.15, 0.2) is 6.23 Å². The van der Waals surface area contributed by atoms with Crippen molar-refractivity contribution in [1.82, 2.24) is 4.98 Å². The van der Waals surface area contributed by atoms with Gasteiger partial charge in [0.25, 0.3) is 0 Å². The van der Waals surface area contributed by atoms with Gasteiger partial charge >= 0.3 is 0 Å². The lowest BCUT2D eigenvalue weighted by Crippen LogP contribution is -2.39. The average Bonchev–Trinajstić information content (AvgIpc) is 2.97. The number of hydrogen-bond acceptors (Lipinski definition) is 6. The van der Waals surface area contributed by atoms with Crippen LogP contribution in [0.3, 0.4) is 0 Å². The monoisotopic (exact) mass is 347 g/mol. The van der Waals surface area contributed by atoms with Crippen molar-refractivity contribution in [3.63, 3.8) is 0 Å². The van der Waals surface area contributed by atoms with E-state index in [-0.39, 0.29) is 5.57 Å². The number of hydrogen-bond donors (Lipinski definition) is 1. The number of benzene rings is 1. The average molecular weight is 348 g/mol. The highest BCUT2D eigenvalue weighted by Crippen LogP contribution is 2.28. The molecular weight excluding hydrogens is 334 g/mol. The summed E-state index contributed by atoms with van der Waals surface area (Å²) in [5.74, 6) is 1.94. The summed E-state index contributed by atoms with van der Waals surface area (Å²) in [5, 5.41) is 4.45. The van der Waals surface area contributed by atoms with E-state index in [0.29, 0.717) is 32.6 Å². The van der Waals surface area contributed by atoms with Crippen molar-refractivity contribution in [2.75, 3.05) is 12.8 Å². The Morgan fingerprint density at radius 1 is 1.43 bits per heavy atom. The molecule has 7 heteroatoms. The molecule has 5 nitrogen and oxygen atoms in total. The number of nitrogens with zero attached hydrogens (tertiary/aromatic N) is 2. The molecule has 1 aromatic carbocycles. The van der Waals surface area contributed by atoms with Crippen LogP contribution in [0.15, 0.2) is 22.0 Å². The number of thiazole rings is 1. The number of methoxy groups -OCH3 is 1. The van der Waals surface area contributed by atoms with Crippen LogP contribution in [-0.4, -0.2) is 24.3 Å². The van der Waals surface area contributed by atoms with E-state index < -0.39 is 6.23 Å². The van der Waals surface area contributed by atoms with Gasteiger partial charge in [-0.3, -0.25) is 0 Å². The number of halogens is 1. The molecule has 0 spiro atoms. The molecule has 2 heterocycles. The quantitative estimate of drug-likeness (QED) is 0.660. The second kappa shape index (κ2) is 5.91. The lowest BCUT2D eigenvalue weighted by Gasteiger charge is -2.20. The van der Waals surface area contributed by atoms with Gasteiger partial charge in [-0.2, -0.15) is 0 Å². The number of nitrogen functional groups attached to an aromatic ring is 1. The number of carbonyl (C=O) groups excluding carboxylic acids is 1. The minimum Gasteiger partial charge on any atom is -0.397 e. The fourth-order valence-electron chi connectivity index (χ4n) is 2.63. The van der Waals surface area contributed by atoms with Crippen LogP contribution in [0.4, 0.5) is 5.69 Å². The summed E-state index contributed by atoms with van der Waals surface area (Å²) in [6.45, 7) is 3.75. The fourth-order valence-corrected chi connectivity index (χ4v) is 3.38. The maximum Gasteiger partial charge on any atom is 0.185 e. The lowest BCUT2D eigenvalue weighted by molar-refractivity contribution is 0.139. The van der Waals surface area contributed by atoms with Gasteiger partial charge in [0.1, 0.15) is 5.94 Å². The van der Waals surface area contributed by atoms with E-state index >= 15 is 0 Å². The zero-order chi connectivity index (χ0) is 16.7. The highest BCUT2D eigenvalue weighted by Gasteiger charge is 2.27. The van der Waals surface area contributed by atoms with Gasteiger partial charge in [0.05, 0.1) is 32.3 Å². The van der Waals surface area contributed by atoms with Gasteiger partial charge in [-0.05, 0) is 25.5 Å². The molecule has 2 aromatic rings. The Bertz CT molecular complexity index is 974. The minimum atomic E-state index is -0.739. The number of aryl methyl sites for hydroxylation is 2. The fraction of sp³-hybridized carbons (Fsp3) is 0.250. The molecule has 23 heavy (non-hydrogen) atoms. The molecule has 1 aliphatic rings. The summed E-state index contributed by atoms with van der Waals surface area (Å²) >= 11 is 7.78. The first-order chi connectivity index (χ1) is 11.0. The zero-order valence-corrected chi connectivity index (χ0v) is 14.4. The van der Waals surface area contributed by atoms with Crippen LogP contribution in [0, 0.1) is 13.8 Å². The first-order valence-corrected chi connectivity index (χ1v) is 8.11. The van der Waals surface area contributed by atoms with Crippen molar-refractivity contribution in [2.24, 2.45) is 4.99 Å². The molecule has 0 saturated heterocycles. The molecule has 118 valence electrons. The summed E-state index contributed by atoms with van der Waals surface area (Å²) in [5.41, 5.74) is 8.93. The molecule has 1 aliphatic heterocycles. The molecular formula is C16H14ClN3O2S. The summed E-state index contributed by atoms with van der Waals surface area (Å²) in [4.78, 5) is 20.5. The second-order valence-corrected chi connectivity index (χ2v) is 6.62. The Morgan fingerprint density at radius 3 is 2.74 bits per heavy atom. The summed E-state index contributed by atoms with van der Waals surface area (Å²) < 4.78 is 5.33. The number of rotatable bonds is 2. The molecule has 3 rings (SSSR count). The van der Waals surface area contributed by atoms with E-state index in [1.54, 1.807) is 0 Å². The third-order valence-corrected chi connectivity index (χ3v) is 4.97. The van der Waals surface area contributed by atoms with E-state index in [2.05, 4.69) is 9.98 Å². The third kappa shape index (κ3) is 2.50. The van der Waals surface area contributed by atoms with Crippen molar-refractivity contribution < 1.29 is 9.53 Å². The molecule has 0 aliphatic carbocycles. The van der Waals surface area contributed by atoms with E-state index in [1.165, 1.54) is 18.4 Å². The maximum absolute atomic E-state index is 11.6. The topological polar surface area (TPSA) is 77.6 Å². The molecule has 0 amide bonds. The summed E-state index contributed by atoms with van der Waals surface area (Å²) in [6, 6.07) is 1.83. The molecule has 1 aromatic heterocycles. The van der Waals surface area contributed by atoms with Crippen molar-refractivity contribution in [1.29, 1.82) is 0 Å². The van der Waals surface area contributed by atoms with Gasteiger partial charge in [0.2, 0.25) is 0 Å². The number of fused-ring (bicyclic) bond motifs is 1. The summed E-state index contributed by atoms with van der Waals surface area (Å²) in [7, 11) is 1.49. The minimum absolute atomic E-state index is 0.275. The molecule has 1 unspecified atom stereocenters. The van der Waals surface area contributed by atoms with Crippen LogP contribution in [0.1, 0.15) is 16.3 Å². The maximum atomic E-state index is 11.6. The van der Waals surface area contributed by atoms with Gasteiger partial charge < -0.3 is 10.5 Å². The Labute approximate surface area is 141 Å². The Morgan fingerprint density at radius 2 is 2.17 bits per heavy atom. The first-order valence-electron chi connectivity index (χ1n) is 6.85. The predicted octanol–water partition coefficient (Wildman–Crippen LogP) is 1.56.